The number of pyridine rings is 1. The molecule has 1 unspecified atom stereocenters. The zero-order valence-corrected chi connectivity index (χ0v) is 16.7. The maximum absolute atomic E-state index is 11.9. The Hall–Kier alpha value is -1.35. The van der Waals surface area contributed by atoms with E-state index < -0.39 is 0 Å². The molecule has 0 bridgehead atoms. The van der Waals surface area contributed by atoms with Crippen LogP contribution in [0.2, 0.25) is 0 Å². The van der Waals surface area contributed by atoms with Gasteiger partial charge in [-0.2, -0.15) is 0 Å². The van der Waals surface area contributed by atoms with Crippen LogP contribution in [0.1, 0.15) is 19.8 Å². The van der Waals surface area contributed by atoms with Crippen LogP contribution >= 0.6 is 28.3 Å². The fourth-order valence-corrected chi connectivity index (χ4v) is 3.79. The predicted octanol–water partition coefficient (Wildman–Crippen LogP) is 2.65. The van der Waals surface area contributed by atoms with Gasteiger partial charge in [0, 0.05) is 38.1 Å². The van der Waals surface area contributed by atoms with Crippen LogP contribution in [-0.4, -0.2) is 48.2 Å². The molecule has 25 heavy (non-hydrogen) atoms. The molecule has 4 N–H and O–H groups in total. The summed E-state index contributed by atoms with van der Waals surface area (Å²) in [6, 6.07) is 0. The van der Waals surface area contributed by atoms with Crippen LogP contribution in [-0.2, 0) is 9.53 Å². The van der Waals surface area contributed by atoms with Crippen molar-refractivity contribution in [1.29, 1.82) is 0 Å². The van der Waals surface area contributed by atoms with Crippen LogP contribution < -0.4 is 16.0 Å². The molecular weight excluding hydrogens is 410 g/mol. The van der Waals surface area contributed by atoms with Crippen LogP contribution in [0.4, 0.5) is 11.4 Å². The zero-order chi connectivity index (χ0) is 17.3. The molecule has 1 aliphatic rings. The molecule has 0 aromatic carbocycles. The van der Waals surface area contributed by atoms with Crippen molar-refractivity contribution in [2.75, 3.05) is 37.0 Å². The Morgan fingerprint density at radius 1 is 1.60 bits per heavy atom. The minimum Gasteiger partial charge on any atom is -0.375 e. The Kier molecular flexibility index (Phi) is 6.31. The molecule has 138 valence electrons. The number of amides is 1. The Bertz CT molecular complexity index is 764. The highest BCUT2D eigenvalue weighted by atomic mass is 79.9. The number of nitrogens with zero attached hydrogens (tertiary/aromatic N) is 2. The number of aromatic nitrogens is 2. The normalized spacial score (nSPS) is 20.4. The molecule has 1 amide bonds. The molecule has 7 nitrogen and oxygen atoms in total. The Morgan fingerprint density at radius 3 is 3.04 bits per heavy atom. The largest absolute Gasteiger partial charge is 0.375 e. The lowest BCUT2D eigenvalue weighted by molar-refractivity contribution is -0.119. The van der Waals surface area contributed by atoms with Crippen molar-refractivity contribution in [2.24, 2.45) is 5.73 Å². The van der Waals surface area contributed by atoms with Crippen molar-refractivity contribution in [3.63, 3.8) is 0 Å². The van der Waals surface area contributed by atoms with Gasteiger partial charge >= 0.3 is 0 Å². The summed E-state index contributed by atoms with van der Waals surface area (Å²) in [6.45, 7) is 3.75. The van der Waals surface area contributed by atoms with Crippen molar-refractivity contribution >= 4 is 56.7 Å². The highest BCUT2D eigenvalue weighted by Crippen LogP contribution is 2.39. The molecular formula is C16H23BrClN5O2. The first-order valence-corrected chi connectivity index (χ1v) is 8.69. The number of methoxy groups -OCH3 is 1. The number of rotatable bonds is 4. The Morgan fingerprint density at radius 2 is 2.36 bits per heavy atom. The summed E-state index contributed by atoms with van der Waals surface area (Å²) >= 11 is 3.61. The number of piperidine rings is 1. The summed E-state index contributed by atoms with van der Waals surface area (Å²) in [5.74, 6) is -0.202. The average molecular weight is 433 g/mol. The van der Waals surface area contributed by atoms with E-state index in [2.05, 4.69) is 43.0 Å². The van der Waals surface area contributed by atoms with E-state index in [-0.39, 0.29) is 30.5 Å². The summed E-state index contributed by atoms with van der Waals surface area (Å²) in [5, 5.41) is 3.76. The van der Waals surface area contributed by atoms with E-state index in [1.54, 1.807) is 12.4 Å². The number of fused-ring (bicyclic) bond motifs is 1. The molecule has 1 fully saturated rings. The third kappa shape index (κ3) is 4.25. The third-order valence-electron chi connectivity index (χ3n) is 4.22. The highest BCUT2D eigenvalue weighted by molar-refractivity contribution is 9.10. The molecule has 3 rings (SSSR count). The number of carbonyl (C=O) groups is 1. The quantitative estimate of drug-likeness (QED) is 0.690. The number of H-pyrrole nitrogens is 1. The molecule has 0 aliphatic carbocycles. The molecule has 3 heterocycles. The van der Waals surface area contributed by atoms with Crippen molar-refractivity contribution < 1.29 is 9.53 Å². The van der Waals surface area contributed by atoms with E-state index >= 15 is 0 Å². The molecule has 1 aliphatic heterocycles. The first-order chi connectivity index (χ1) is 11.4. The molecule has 2 aromatic heterocycles. The topological polar surface area (TPSA) is 96.3 Å². The molecule has 9 heteroatoms. The number of hydrogen-bond donors (Lipinski definition) is 3. The van der Waals surface area contributed by atoms with Crippen LogP contribution in [0, 0.1) is 0 Å². The summed E-state index contributed by atoms with van der Waals surface area (Å²) in [4.78, 5) is 21.7. The average Bonchev–Trinajstić information content (AvgIpc) is 2.89. The number of nitrogens with two attached hydrogens (primary N) is 1. The van der Waals surface area contributed by atoms with Gasteiger partial charge in [0.05, 0.1) is 21.2 Å². The maximum Gasteiger partial charge on any atom is 0.250 e. The number of nitrogens with one attached hydrogen (secondary N) is 2. The van der Waals surface area contributed by atoms with E-state index in [4.69, 9.17) is 10.5 Å². The minimum absolute atomic E-state index is 0. The van der Waals surface area contributed by atoms with Gasteiger partial charge in [0.1, 0.15) is 12.3 Å². The second-order valence-corrected chi connectivity index (χ2v) is 7.40. The molecule has 0 saturated carbocycles. The van der Waals surface area contributed by atoms with Gasteiger partial charge in [-0.15, -0.1) is 12.4 Å². The van der Waals surface area contributed by atoms with Crippen LogP contribution in [0.3, 0.4) is 0 Å². The van der Waals surface area contributed by atoms with E-state index in [0.717, 1.165) is 47.1 Å². The first-order valence-electron chi connectivity index (χ1n) is 7.89. The second-order valence-electron chi connectivity index (χ2n) is 6.54. The summed E-state index contributed by atoms with van der Waals surface area (Å²) in [5.41, 5.74) is 8.56. The molecule has 2 aromatic rings. The first kappa shape index (κ1) is 20.0. The molecule has 0 radical (unpaired) electrons. The monoisotopic (exact) mass is 431 g/mol. The molecule has 0 spiro atoms. The van der Waals surface area contributed by atoms with E-state index in [0.29, 0.717) is 5.69 Å². The fourth-order valence-electron chi connectivity index (χ4n) is 3.24. The van der Waals surface area contributed by atoms with Gasteiger partial charge in [-0.1, -0.05) is 0 Å². The van der Waals surface area contributed by atoms with Crippen LogP contribution in [0.15, 0.2) is 16.9 Å². The number of aromatic amines is 1. The van der Waals surface area contributed by atoms with Crippen LogP contribution in [0.25, 0.3) is 11.0 Å². The minimum atomic E-state index is -0.233. The van der Waals surface area contributed by atoms with Gasteiger partial charge in [0.2, 0.25) is 5.91 Å². The van der Waals surface area contributed by atoms with Gasteiger partial charge in [-0.25, -0.2) is 4.98 Å². The number of ether oxygens (including phenoxy) is 1. The second kappa shape index (κ2) is 7.90. The van der Waals surface area contributed by atoms with E-state index in [1.807, 2.05) is 0 Å². The standard InChI is InChI=1S/C16H22BrN5O2.ClH/c1-16(18)4-3-5-22(9-16)14-10(17)6-19-15-13(14)11(7-20-15)21-12(23)8-24-2;/h6-7H,3-5,8-9,18H2,1-2H3,(H,19,20)(H,21,23);1H. The lowest BCUT2D eigenvalue weighted by Gasteiger charge is -2.39. The summed E-state index contributed by atoms with van der Waals surface area (Å²) < 4.78 is 5.77. The number of hydrogen-bond acceptors (Lipinski definition) is 5. The Labute approximate surface area is 161 Å². The molecule has 1 atom stereocenters. The lowest BCUT2D eigenvalue weighted by atomic mass is 9.92. The summed E-state index contributed by atoms with van der Waals surface area (Å²) in [6.07, 6.45) is 5.56. The zero-order valence-electron chi connectivity index (χ0n) is 14.3. The van der Waals surface area contributed by atoms with Gasteiger partial charge in [0.25, 0.3) is 0 Å². The summed E-state index contributed by atoms with van der Waals surface area (Å²) in [7, 11) is 1.49. The van der Waals surface area contributed by atoms with Crippen molar-refractivity contribution in [1.82, 2.24) is 9.97 Å². The highest BCUT2D eigenvalue weighted by Gasteiger charge is 2.30. The maximum atomic E-state index is 11.9. The number of halogens is 2. The fraction of sp³-hybridized carbons (Fsp3) is 0.500. The van der Waals surface area contributed by atoms with Gasteiger partial charge in [0.15, 0.2) is 0 Å². The number of carbonyl (C=O) groups excluding carboxylic acids is 1. The van der Waals surface area contributed by atoms with E-state index in [1.165, 1.54) is 7.11 Å². The van der Waals surface area contributed by atoms with Gasteiger partial charge < -0.3 is 25.7 Å². The predicted molar refractivity (Wildman–Crippen MR) is 106 cm³/mol. The van der Waals surface area contributed by atoms with Crippen molar-refractivity contribution in [3.8, 4) is 0 Å². The Balaban J connectivity index is 0.00000225. The van der Waals surface area contributed by atoms with Gasteiger partial charge in [-0.3, -0.25) is 4.79 Å². The van der Waals surface area contributed by atoms with Gasteiger partial charge in [-0.05, 0) is 35.7 Å². The number of anilines is 2. The van der Waals surface area contributed by atoms with E-state index in [9.17, 15) is 4.79 Å². The third-order valence-corrected chi connectivity index (χ3v) is 4.80. The van der Waals surface area contributed by atoms with Crippen molar-refractivity contribution in [3.05, 3.63) is 16.9 Å². The van der Waals surface area contributed by atoms with Crippen LogP contribution in [0.5, 0.6) is 0 Å². The molecule has 1 saturated heterocycles. The smallest absolute Gasteiger partial charge is 0.250 e. The lowest BCUT2D eigenvalue weighted by Crippen LogP contribution is -2.52. The SMILES string of the molecule is COCC(=O)Nc1c[nH]c2ncc(Br)c(N3CCCC(C)(N)C3)c12.Cl. The van der Waals surface area contributed by atoms with Crippen molar-refractivity contribution in [2.45, 2.75) is 25.3 Å².